The molecular formula is C15H16N3. The van der Waals surface area contributed by atoms with Crippen molar-refractivity contribution >= 4 is 0 Å². The number of allylic oxidation sites excluding steroid dienone is 2. The zero-order valence-corrected chi connectivity index (χ0v) is 10.4. The molecule has 2 saturated heterocycles. The van der Waals surface area contributed by atoms with Crippen LogP contribution in [-0.4, -0.2) is 24.0 Å². The fourth-order valence-corrected chi connectivity index (χ4v) is 3.61. The molecule has 2 fully saturated rings. The van der Waals surface area contributed by atoms with E-state index in [0.717, 1.165) is 12.0 Å². The minimum absolute atomic E-state index is 0.267. The molecule has 0 amide bonds. The molecular weight excluding hydrogens is 222 g/mol. The summed E-state index contributed by atoms with van der Waals surface area (Å²) in [5, 5.41) is 18.0. The number of nitriles is 2. The van der Waals surface area contributed by atoms with Gasteiger partial charge in [-0.2, -0.15) is 10.5 Å². The zero-order chi connectivity index (χ0) is 12.5. The molecule has 3 rings (SSSR count). The van der Waals surface area contributed by atoms with Crippen molar-refractivity contribution in [2.45, 2.75) is 31.7 Å². The van der Waals surface area contributed by atoms with Crippen LogP contribution in [0.15, 0.2) is 23.3 Å². The predicted molar refractivity (Wildman–Crippen MR) is 68.0 cm³/mol. The van der Waals surface area contributed by atoms with Crippen LogP contribution in [0.1, 0.15) is 25.7 Å². The van der Waals surface area contributed by atoms with Crippen LogP contribution >= 0.6 is 0 Å². The van der Waals surface area contributed by atoms with E-state index in [4.69, 9.17) is 10.5 Å². The Morgan fingerprint density at radius 2 is 2.00 bits per heavy atom. The largest absolute Gasteiger partial charge is 0.296 e. The number of piperidine rings is 2. The van der Waals surface area contributed by atoms with Gasteiger partial charge in [-0.25, -0.2) is 0 Å². The first-order chi connectivity index (χ1) is 8.83. The maximum Gasteiger partial charge on any atom is 0.204 e. The molecule has 2 heterocycles. The summed E-state index contributed by atoms with van der Waals surface area (Å²) in [7, 11) is 0. The third-order valence-corrected chi connectivity index (χ3v) is 4.32. The van der Waals surface area contributed by atoms with Crippen LogP contribution in [0, 0.1) is 34.5 Å². The van der Waals surface area contributed by atoms with Crippen LogP contribution in [-0.2, 0) is 0 Å². The smallest absolute Gasteiger partial charge is 0.204 e. The minimum Gasteiger partial charge on any atom is -0.296 e. The van der Waals surface area contributed by atoms with Crippen LogP contribution < -0.4 is 0 Å². The highest BCUT2D eigenvalue weighted by Crippen LogP contribution is 2.40. The average Bonchev–Trinajstić information content (AvgIpc) is 2.41. The third kappa shape index (κ3) is 1.76. The lowest BCUT2D eigenvalue weighted by atomic mass is 9.74. The summed E-state index contributed by atoms with van der Waals surface area (Å²) >= 11 is 0. The van der Waals surface area contributed by atoms with Gasteiger partial charge in [0.15, 0.2) is 0 Å². The van der Waals surface area contributed by atoms with E-state index in [-0.39, 0.29) is 5.92 Å². The van der Waals surface area contributed by atoms with Gasteiger partial charge in [0.25, 0.3) is 0 Å². The monoisotopic (exact) mass is 238 g/mol. The van der Waals surface area contributed by atoms with Gasteiger partial charge in [-0.3, -0.25) is 4.90 Å². The van der Waals surface area contributed by atoms with Gasteiger partial charge < -0.3 is 0 Å². The molecule has 1 radical (unpaired) electrons. The second kappa shape index (κ2) is 4.59. The molecule has 0 aromatic heterocycles. The average molecular weight is 238 g/mol. The summed E-state index contributed by atoms with van der Waals surface area (Å²) in [6, 6.07) is 4.59. The Morgan fingerprint density at radius 3 is 2.78 bits per heavy atom. The molecule has 0 bridgehead atoms. The van der Waals surface area contributed by atoms with Crippen molar-refractivity contribution in [2.75, 3.05) is 13.1 Å². The summed E-state index contributed by atoms with van der Waals surface area (Å²) in [5.41, 5.74) is 2.30. The Kier molecular flexibility index (Phi) is 2.94. The lowest BCUT2D eigenvalue weighted by Gasteiger charge is -2.46. The molecule has 2 atom stereocenters. The van der Waals surface area contributed by atoms with Crippen molar-refractivity contribution in [2.24, 2.45) is 5.92 Å². The van der Waals surface area contributed by atoms with Gasteiger partial charge in [0, 0.05) is 6.04 Å². The van der Waals surface area contributed by atoms with Crippen molar-refractivity contribution in [1.29, 1.82) is 10.5 Å². The number of hydrogen-bond donors (Lipinski definition) is 0. The van der Waals surface area contributed by atoms with E-state index in [2.05, 4.69) is 17.1 Å². The second-order valence-corrected chi connectivity index (χ2v) is 5.33. The first kappa shape index (κ1) is 11.5. The van der Waals surface area contributed by atoms with Crippen LogP contribution in [0.5, 0.6) is 0 Å². The molecule has 2 unspecified atom stereocenters. The van der Waals surface area contributed by atoms with E-state index < -0.39 is 0 Å². The molecule has 3 heteroatoms. The van der Waals surface area contributed by atoms with Gasteiger partial charge in [-0.1, -0.05) is 17.7 Å². The van der Waals surface area contributed by atoms with Gasteiger partial charge in [-0.15, -0.1) is 0 Å². The highest BCUT2D eigenvalue weighted by atomic mass is 15.2. The van der Waals surface area contributed by atoms with Crippen LogP contribution in [0.4, 0.5) is 0 Å². The van der Waals surface area contributed by atoms with Crippen LogP contribution in [0.2, 0.25) is 0 Å². The second-order valence-electron chi connectivity index (χ2n) is 5.33. The molecule has 0 aromatic rings. The molecule has 3 nitrogen and oxygen atoms in total. The van der Waals surface area contributed by atoms with E-state index in [9.17, 15) is 0 Å². The maximum atomic E-state index is 9.01. The van der Waals surface area contributed by atoms with E-state index in [1.165, 1.54) is 37.9 Å². The molecule has 0 N–H and O–H groups in total. The number of rotatable bonds is 1. The van der Waals surface area contributed by atoms with Crippen molar-refractivity contribution in [3.8, 4) is 12.1 Å². The van der Waals surface area contributed by atoms with E-state index in [1.54, 1.807) is 0 Å². The Morgan fingerprint density at radius 1 is 1.22 bits per heavy atom. The van der Waals surface area contributed by atoms with Gasteiger partial charge in [0.1, 0.15) is 0 Å². The van der Waals surface area contributed by atoms with Crippen molar-refractivity contribution < 1.29 is 0 Å². The molecule has 3 aliphatic rings. The van der Waals surface area contributed by atoms with Gasteiger partial charge in [0.05, 0.1) is 12.1 Å². The van der Waals surface area contributed by atoms with Crippen LogP contribution in [0.25, 0.3) is 0 Å². The zero-order valence-electron chi connectivity index (χ0n) is 10.4. The fraction of sp³-hybridized carbons (Fsp3) is 0.533. The summed E-state index contributed by atoms with van der Waals surface area (Å²) in [4.78, 5) is 2.58. The summed E-state index contributed by atoms with van der Waals surface area (Å²) in [6.07, 6.45) is 9.00. The number of hydrogen-bond acceptors (Lipinski definition) is 3. The normalized spacial score (nSPS) is 30.8. The Labute approximate surface area is 108 Å². The number of nitrogens with zero attached hydrogens (tertiary/aromatic N) is 3. The third-order valence-electron chi connectivity index (χ3n) is 4.32. The maximum absolute atomic E-state index is 9.01. The van der Waals surface area contributed by atoms with Gasteiger partial charge in [0.2, 0.25) is 5.92 Å². The molecule has 91 valence electrons. The highest BCUT2D eigenvalue weighted by Gasteiger charge is 2.38. The quantitative estimate of drug-likeness (QED) is 0.704. The molecule has 2 aliphatic heterocycles. The Bertz CT molecular complexity index is 473. The lowest BCUT2D eigenvalue weighted by molar-refractivity contribution is 0.114. The fourth-order valence-electron chi connectivity index (χ4n) is 3.61. The predicted octanol–water partition coefficient (Wildman–Crippen LogP) is 2.35. The van der Waals surface area contributed by atoms with E-state index in [1.807, 2.05) is 12.1 Å². The summed E-state index contributed by atoms with van der Waals surface area (Å²) < 4.78 is 0. The standard InChI is InChI=1S/C15H16N3/c16-9-14(10-17)13-7-11-3-1-5-18-6-2-4-12(8-13)15(11)18/h7-8,11,15H,1-6H2. The summed E-state index contributed by atoms with van der Waals surface area (Å²) in [5.74, 6) is 0.773. The summed E-state index contributed by atoms with van der Waals surface area (Å²) in [6.45, 7) is 2.41. The molecule has 0 saturated carbocycles. The minimum atomic E-state index is 0.267. The van der Waals surface area contributed by atoms with E-state index >= 15 is 0 Å². The topological polar surface area (TPSA) is 50.8 Å². The lowest BCUT2D eigenvalue weighted by Crippen LogP contribution is -2.49. The molecule has 0 aromatic carbocycles. The van der Waals surface area contributed by atoms with Crippen LogP contribution in [0.3, 0.4) is 0 Å². The SMILES string of the molecule is N#C[C](C#N)C1=CC2CCCN3CCCC(=C1)C23. The van der Waals surface area contributed by atoms with E-state index in [0.29, 0.717) is 12.0 Å². The van der Waals surface area contributed by atoms with Gasteiger partial charge in [-0.05, 0) is 50.3 Å². The van der Waals surface area contributed by atoms with Crippen molar-refractivity contribution in [1.82, 2.24) is 4.90 Å². The molecule has 0 spiro atoms. The molecule has 18 heavy (non-hydrogen) atoms. The Hall–Kier alpha value is -1.58. The van der Waals surface area contributed by atoms with Crippen molar-refractivity contribution in [3.05, 3.63) is 29.2 Å². The molecule has 1 aliphatic carbocycles. The van der Waals surface area contributed by atoms with Gasteiger partial charge >= 0.3 is 0 Å². The highest BCUT2D eigenvalue weighted by molar-refractivity contribution is 5.54. The first-order valence-electron chi connectivity index (χ1n) is 6.67. The van der Waals surface area contributed by atoms with Crippen molar-refractivity contribution in [3.63, 3.8) is 0 Å². The first-order valence-corrected chi connectivity index (χ1v) is 6.67. The Balaban J connectivity index is 1.95.